The minimum atomic E-state index is -0.129. The summed E-state index contributed by atoms with van der Waals surface area (Å²) in [6, 6.07) is 17.6. The second-order valence-electron chi connectivity index (χ2n) is 7.89. The van der Waals surface area contributed by atoms with Gasteiger partial charge in [-0.15, -0.1) is 0 Å². The Morgan fingerprint density at radius 1 is 1.03 bits per heavy atom. The number of carbonyl (C=O) groups excluding carboxylic acids is 1. The van der Waals surface area contributed by atoms with Crippen molar-refractivity contribution in [1.82, 2.24) is 20.1 Å². The summed E-state index contributed by atoms with van der Waals surface area (Å²) < 4.78 is 1.62. The number of anilines is 1. The number of carbonyl (C=O) groups is 1. The van der Waals surface area contributed by atoms with Crippen molar-refractivity contribution in [2.24, 2.45) is 5.10 Å². The van der Waals surface area contributed by atoms with Gasteiger partial charge in [0.15, 0.2) is 0 Å². The molecule has 7 nitrogen and oxygen atoms in total. The minimum Gasteiger partial charge on any atom is -0.369 e. The molecule has 1 saturated heterocycles. The molecule has 1 fully saturated rings. The largest absolute Gasteiger partial charge is 0.369 e. The predicted octanol–water partition coefficient (Wildman–Crippen LogP) is 4.15. The summed E-state index contributed by atoms with van der Waals surface area (Å²) in [7, 11) is 0. The SMILES string of the molecule is Cc1nn(-c2ccc(Cl)cc2)c(Cl)c1C=NNC(=O)CCN1CCN(c2ccccc2)CC1. The molecule has 0 aliphatic carbocycles. The van der Waals surface area contributed by atoms with Crippen molar-refractivity contribution in [1.29, 1.82) is 0 Å². The van der Waals surface area contributed by atoms with Gasteiger partial charge in [-0.05, 0) is 43.3 Å². The van der Waals surface area contributed by atoms with Gasteiger partial charge in [0.2, 0.25) is 5.91 Å². The molecule has 3 aromatic rings. The molecule has 1 aliphatic rings. The molecule has 2 heterocycles. The highest BCUT2D eigenvalue weighted by Gasteiger charge is 2.18. The van der Waals surface area contributed by atoms with E-state index in [1.165, 1.54) is 11.9 Å². The average Bonchev–Trinajstić information content (AvgIpc) is 3.12. The van der Waals surface area contributed by atoms with Crippen molar-refractivity contribution in [3.8, 4) is 5.69 Å². The first-order chi connectivity index (χ1) is 16.0. The second kappa shape index (κ2) is 10.8. The van der Waals surface area contributed by atoms with Gasteiger partial charge < -0.3 is 4.90 Å². The van der Waals surface area contributed by atoms with E-state index >= 15 is 0 Å². The van der Waals surface area contributed by atoms with Crippen molar-refractivity contribution in [3.63, 3.8) is 0 Å². The molecule has 0 unspecified atom stereocenters. The van der Waals surface area contributed by atoms with E-state index in [0.29, 0.717) is 34.4 Å². The van der Waals surface area contributed by atoms with Gasteiger partial charge in [-0.2, -0.15) is 10.2 Å². The van der Waals surface area contributed by atoms with Crippen LogP contribution in [0.5, 0.6) is 0 Å². The van der Waals surface area contributed by atoms with E-state index in [1.54, 1.807) is 16.8 Å². The number of nitrogens with one attached hydrogen (secondary N) is 1. The van der Waals surface area contributed by atoms with Gasteiger partial charge in [0.05, 0.1) is 23.2 Å². The first kappa shape index (κ1) is 23.3. The van der Waals surface area contributed by atoms with Crippen molar-refractivity contribution in [2.75, 3.05) is 37.6 Å². The Hall–Kier alpha value is -2.87. The molecule has 0 atom stereocenters. The molecule has 0 saturated carbocycles. The number of amides is 1. The summed E-state index contributed by atoms with van der Waals surface area (Å²) in [4.78, 5) is 16.9. The lowest BCUT2D eigenvalue weighted by Crippen LogP contribution is -2.47. The third kappa shape index (κ3) is 5.93. The van der Waals surface area contributed by atoms with Gasteiger partial charge in [0.1, 0.15) is 5.15 Å². The number of hydrogen-bond donors (Lipinski definition) is 1. The van der Waals surface area contributed by atoms with Crippen LogP contribution in [0.1, 0.15) is 17.7 Å². The fourth-order valence-corrected chi connectivity index (χ4v) is 4.21. The fourth-order valence-electron chi connectivity index (χ4n) is 3.76. The minimum absolute atomic E-state index is 0.129. The van der Waals surface area contributed by atoms with Gasteiger partial charge >= 0.3 is 0 Å². The van der Waals surface area contributed by atoms with Crippen LogP contribution in [0.2, 0.25) is 10.2 Å². The molecule has 1 N–H and O–H groups in total. The maximum atomic E-state index is 12.3. The Balaban J connectivity index is 1.25. The van der Waals surface area contributed by atoms with Gasteiger partial charge in [-0.1, -0.05) is 41.4 Å². The molecular formula is C24H26Cl2N6O. The van der Waals surface area contributed by atoms with E-state index in [-0.39, 0.29) is 5.91 Å². The highest BCUT2D eigenvalue weighted by Crippen LogP contribution is 2.23. The molecule has 172 valence electrons. The Morgan fingerprint density at radius 3 is 2.42 bits per heavy atom. The van der Waals surface area contributed by atoms with Crippen LogP contribution in [0.3, 0.4) is 0 Å². The first-order valence-corrected chi connectivity index (χ1v) is 11.6. The lowest BCUT2D eigenvalue weighted by molar-refractivity contribution is -0.121. The van der Waals surface area contributed by atoms with Crippen LogP contribution in [-0.2, 0) is 4.79 Å². The quantitative estimate of drug-likeness (QED) is 0.404. The zero-order valence-corrected chi connectivity index (χ0v) is 19.9. The summed E-state index contributed by atoms with van der Waals surface area (Å²) in [5, 5.41) is 9.61. The molecule has 2 aromatic carbocycles. The van der Waals surface area contributed by atoms with Crippen LogP contribution in [0, 0.1) is 6.92 Å². The Kier molecular flexibility index (Phi) is 7.65. The van der Waals surface area contributed by atoms with Crippen LogP contribution in [-0.4, -0.2) is 59.5 Å². The van der Waals surface area contributed by atoms with Crippen LogP contribution >= 0.6 is 23.2 Å². The summed E-state index contributed by atoms with van der Waals surface area (Å²) in [6.45, 7) is 6.33. The van der Waals surface area contributed by atoms with E-state index in [1.807, 2.05) is 25.1 Å². The predicted molar refractivity (Wildman–Crippen MR) is 134 cm³/mol. The third-order valence-corrected chi connectivity index (χ3v) is 6.27. The number of aromatic nitrogens is 2. The molecule has 9 heteroatoms. The third-order valence-electron chi connectivity index (χ3n) is 5.65. The number of para-hydroxylation sites is 1. The molecule has 0 radical (unpaired) electrons. The molecule has 0 spiro atoms. The van der Waals surface area contributed by atoms with Crippen molar-refractivity contribution < 1.29 is 4.79 Å². The van der Waals surface area contributed by atoms with E-state index in [9.17, 15) is 4.79 Å². The number of rotatable bonds is 7. The van der Waals surface area contributed by atoms with E-state index < -0.39 is 0 Å². The molecular weight excluding hydrogens is 459 g/mol. The van der Waals surface area contributed by atoms with Crippen LogP contribution < -0.4 is 10.3 Å². The van der Waals surface area contributed by atoms with E-state index in [4.69, 9.17) is 23.2 Å². The van der Waals surface area contributed by atoms with Crippen molar-refractivity contribution in [3.05, 3.63) is 76.0 Å². The second-order valence-corrected chi connectivity index (χ2v) is 8.68. The zero-order chi connectivity index (χ0) is 23.2. The van der Waals surface area contributed by atoms with Gasteiger partial charge in [0, 0.05) is 49.9 Å². The Labute approximate surface area is 203 Å². The lowest BCUT2D eigenvalue weighted by atomic mass is 10.2. The number of benzene rings is 2. The molecule has 1 aromatic heterocycles. The zero-order valence-electron chi connectivity index (χ0n) is 18.4. The lowest BCUT2D eigenvalue weighted by Gasteiger charge is -2.36. The van der Waals surface area contributed by atoms with Gasteiger partial charge in [-0.3, -0.25) is 9.69 Å². The maximum absolute atomic E-state index is 12.3. The van der Waals surface area contributed by atoms with Crippen molar-refractivity contribution in [2.45, 2.75) is 13.3 Å². The number of nitrogens with zero attached hydrogens (tertiary/aromatic N) is 5. The summed E-state index contributed by atoms with van der Waals surface area (Å²) in [6.07, 6.45) is 1.92. The normalized spacial score (nSPS) is 14.7. The smallest absolute Gasteiger partial charge is 0.241 e. The molecule has 33 heavy (non-hydrogen) atoms. The fraction of sp³-hybridized carbons (Fsp3) is 0.292. The van der Waals surface area contributed by atoms with Crippen LogP contribution in [0.15, 0.2) is 59.7 Å². The average molecular weight is 485 g/mol. The summed E-state index contributed by atoms with van der Waals surface area (Å²) in [5.41, 5.74) is 6.01. The maximum Gasteiger partial charge on any atom is 0.241 e. The van der Waals surface area contributed by atoms with Gasteiger partial charge in [-0.25, -0.2) is 10.1 Å². The molecule has 1 aliphatic heterocycles. The number of hydrazone groups is 1. The van der Waals surface area contributed by atoms with Crippen LogP contribution in [0.25, 0.3) is 5.69 Å². The van der Waals surface area contributed by atoms with E-state index in [2.05, 4.69) is 49.7 Å². The molecule has 1 amide bonds. The molecule has 0 bridgehead atoms. The number of hydrogen-bond acceptors (Lipinski definition) is 5. The van der Waals surface area contributed by atoms with E-state index in [0.717, 1.165) is 31.9 Å². The number of halogens is 2. The van der Waals surface area contributed by atoms with Gasteiger partial charge in [0.25, 0.3) is 0 Å². The standard InChI is InChI=1S/C24H26Cl2N6O/c1-18-22(24(26)32(29-18)21-9-7-19(25)8-10-21)17-27-28-23(33)11-12-30-13-15-31(16-14-30)20-5-3-2-4-6-20/h2-10,17H,11-16H2,1H3,(H,28,33). The number of aryl methyl sites for hydroxylation is 1. The monoisotopic (exact) mass is 484 g/mol. The first-order valence-electron chi connectivity index (χ1n) is 10.9. The topological polar surface area (TPSA) is 65.8 Å². The Morgan fingerprint density at radius 2 is 1.73 bits per heavy atom. The van der Waals surface area contributed by atoms with Crippen LogP contribution in [0.4, 0.5) is 5.69 Å². The van der Waals surface area contributed by atoms with Crippen molar-refractivity contribution >= 4 is 41.0 Å². The number of piperazine rings is 1. The Bertz CT molecular complexity index is 1110. The molecule has 4 rings (SSSR count). The highest BCUT2D eigenvalue weighted by atomic mass is 35.5. The summed E-state index contributed by atoms with van der Waals surface area (Å²) >= 11 is 12.4. The summed E-state index contributed by atoms with van der Waals surface area (Å²) in [5.74, 6) is -0.129. The highest BCUT2D eigenvalue weighted by molar-refractivity contribution is 6.32.